The molecule has 0 saturated heterocycles. The number of carbonyl (C=O) groups excluding carboxylic acids is 1. The number of carbonyl (C=O) groups is 1. The predicted octanol–water partition coefficient (Wildman–Crippen LogP) is 3.93. The summed E-state index contributed by atoms with van der Waals surface area (Å²) >= 11 is 0. The molecule has 0 aromatic heterocycles. The fraction of sp³-hybridized carbons (Fsp3) is 0.167. The van der Waals surface area contributed by atoms with Crippen molar-refractivity contribution in [2.24, 2.45) is 4.99 Å². The molecule has 2 aromatic carbocycles. The zero-order chi connectivity index (χ0) is 20.8. The van der Waals surface area contributed by atoms with Gasteiger partial charge in [-0.05, 0) is 41.3 Å². The van der Waals surface area contributed by atoms with Gasteiger partial charge in [-0.3, -0.25) is 4.99 Å². The first kappa shape index (κ1) is 20.5. The molecule has 0 saturated carbocycles. The van der Waals surface area contributed by atoms with Crippen molar-refractivity contribution in [3.8, 4) is 0 Å². The number of hydrogen-bond donors (Lipinski definition) is 2. The molecule has 0 spiro atoms. The number of allylic oxidation sites excluding steroid dienone is 1. The van der Waals surface area contributed by atoms with Crippen LogP contribution in [0, 0.1) is 0 Å². The summed E-state index contributed by atoms with van der Waals surface area (Å²) in [5, 5.41) is 17.9. The number of aliphatic hydroxyl groups is 2. The molecule has 0 aliphatic carbocycles. The van der Waals surface area contributed by atoms with E-state index in [1.165, 1.54) is 19.3 Å². The van der Waals surface area contributed by atoms with Crippen LogP contribution in [0.2, 0.25) is 0 Å². The predicted molar refractivity (Wildman–Crippen MR) is 116 cm³/mol. The van der Waals surface area contributed by atoms with Gasteiger partial charge in [0.25, 0.3) is 0 Å². The van der Waals surface area contributed by atoms with E-state index >= 15 is 0 Å². The topological polar surface area (TPSA) is 79.1 Å². The van der Waals surface area contributed by atoms with E-state index in [4.69, 9.17) is 15.2 Å². The van der Waals surface area contributed by atoms with Crippen molar-refractivity contribution < 1.29 is 19.7 Å². The molecule has 5 heteroatoms. The summed E-state index contributed by atoms with van der Waals surface area (Å²) in [6.07, 6.45) is 5.41. The fourth-order valence-corrected chi connectivity index (χ4v) is 3.09. The first-order valence-corrected chi connectivity index (χ1v) is 9.25. The van der Waals surface area contributed by atoms with Crippen molar-refractivity contribution >= 4 is 35.1 Å². The summed E-state index contributed by atoms with van der Waals surface area (Å²) in [5.74, 6) is -0.384. The van der Waals surface area contributed by atoms with Gasteiger partial charge in [0.2, 0.25) is 0 Å². The lowest BCUT2D eigenvalue weighted by Gasteiger charge is -2.08. The highest BCUT2D eigenvalue weighted by atomic mass is 16.5. The van der Waals surface area contributed by atoms with Crippen molar-refractivity contribution in [1.29, 1.82) is 0 Å². The summed E-state index contributed by atoms with van der Waals surface area (Å²) in [4.78, 5) is 16.0. The molecular formula is C24H23NO4. The summed E-state index contributed by atoms with van der Waals surface area (Å²) in [6, 6.07) is 15.8. The van der Waals surface area contributed by atoms with E-state index in [1.807, 2.05) is 55.5 Å². The van der Waals surface area contributed by atoms with Crippen LogP contribution in [-0.4, -0.2) is 35.3 Å². The number of esters is 1. The summed E-state index contributed by atoms with van der Waals surface area (Å²) in [7, 11) is 1.35. The molecule has 0 atom stereocenters. The molecule has 0 radical (unpaired) electrons. The second-order valence-electron chi connectivity index (χ2n) is 6.72. The first-order chi connectivity index (χ1) is 14.0. The number of rotatable bonds is 6. The van der Waals surface area contributed by atoms with E-state index in [2.05, 4.69) is 4.74 Å². The van der Waals surface area contributed by atoms with Crippen molar-refractivity contribution in [2.45, 2.75) is 19.6 Å². The Kier molecular flexibility index (Phi) is 6.54. The normalized spacial score (nSPS) is 14.3. The average molecular weight is 389 g/mol. The van der Waals surface area contributed by atoms with Crippen LogP contribution in [-0.2, 0) is 9.53 Å². The third-order valence-electron chi connectivity index (χ3n) is 4.54. The molecule has 3 rings (SSSR count). The standard InChI is InChI=1S/C24H23NO4/c1-16-15-21(19-9-3-18(4-10-19)8-14-23(28)29-2)24(25-16)20-11-5-17(6-12-20)7-13-22(26)27/h3-14,22,26-27H,15H2,1-2H3/b13-7+,14-8+. The van der Waals surface area contributed by atoms with Gasteiger partial charge in [0.1, 0.15) is 0 Å². The quantitative estimate of drug-likeness (QED) is 0.446. The minimum absolute atomic E-state index is 0.384. The van der Waals surface area contributed by atoms with Crippen molar-refractivity contribution in [1.82, 2.24) is 0 Å². The maximum Gasteiger partial charge on any atom is 0.330 e. The third-order valence-corrected chi connectivity index (χ3v) is 4.54. The number of aliphatic imine (C=N–C) groups is 1. The van der Waals surface area contributed by atoms with Crippen molar-refractivity contribution in [2.75, 3.05) is 7.11 Å². The van der Waals surface area contributed by atoms with Crippen LogP contribution < -0.4 is 0 Å². The molecule has 148 valence electrons. The molecule has 5 nitrogen and oxygen atoms in total. The molecule has 0 amide bonds. The van der Waals surface area contributed by atoms with Gasteiger partial charge in [0.05, 0.1) is 12.8 Å². The number of methoxy groups -OCH3 is 1. The monoisotopic (exact) mass is 389 g/mol. The van der Waals surface area contributed by atoms with E-state index in [1.54, 1.807) is 12.2 Å². The molecule has 0 unspecified atom stereocenters. The van der Waals surface area contributed by atoms with Crippen LogP contribution in [0.15, 0.2) is 65.7 Å². The Hall–Kier alpha value is -3.28. The number of benzene rings is 2. The molecule has 0 bridgehead atoms. The van der Waals surface area contributed by atoms with Crippen LogP contribution in [0.4, 0.5) is 0 Å². The highest BCUT2D eigenvalue weighted by Gasteiger charge is 2.18. The van der Waals surface area contributed by atoms with Gasteiger partial charge in [0, 0.05) is 23.8 Å². The average Bonchev–Trinajstić information content (AvgIpc) is 3.12. The molecule has 29 heavy (non-hydrogen) atoms. The number of ether oxygens (including phenoxy) is 1. The lowest BCUT2D eigenvalue weighted by molar-refractivity contribution is -0.134. The summed E-state index contributed by atoms with van der Waals surface area (Å²) < 4.78 is 4.61. The number of hydrogen-bond acceptors (Lipinski definition) is 5. The molecule has 2 N–H and O–H groups in total. The van der Waals surface area contributed by atoms with E-state index in [-0.39, 0.29) is 5.97 Å². The minimum atomic E-state index is -1.46. The van der Waals surface area contributed by atoms with Gasteiger partial charge >= 0.3 is 5.97 Å². The van der Waals surface area contributed by atoms with Gasteiger partial charge in [-0.15, -0.1) is 0 Å². The third kappa shape index (κ3) is 5.38. The zero-order valence-electron chi connectivity index (χ0n) is 16.4. The second kappa shape index (κ2) is 9.28. The van der Waals surface area contributed by atoms with Crippen LogP contribution in [0.1, 0.15) is 35.6 Å². The Labute approximate surface area is 170 Å². The van der Waals surface area contributed by atoms with E-state index in [0.717, 1.165) is 45.7 Å². The van der Waals surface area contributed by atoms with E-state index in [9.17, 15) is 4.79 Å². The molecule has 1 heterocycles. The maximum atomic E-state index is 11.2. The van der Waals surface area contributed by atoms with Gasteiger partial charge in [-0.25, -0.2) is 4.79 Å². The smallest absolute Gasteiger partial charge is 0.330 e. The van der Waals surface area contributed by atoms with E-state index < -0.39 is 6.29 Å². The SMILES string of the molecule is COC(=O)/C=C/c1ccc(C2=C(c3ccc(/C=C/C(O)O)cc3)N=C(C)C2)cc1. The largest absolute Gasteiger partial charge is 0.466 e. The molecular weight excluding hydrogens is 366 g/mol. The van der Waals surface area contributed by atoms with Gasteiger partial charge < -0.3 is 14.9 Å². The fourth-order valence-electron chi connectivity index (χ4n) is 3.09. The Morgan fingerprint density at radius 3 is 2.17 bits per heavy atom. The Bertz CT molecular complexity index is 994. The maximum absolute atomic E-state index is 11.2. The van der Waals surface area contributed by atoms with Gasteiger partial charge in [0.15, 0.2) is 6.29 Å². The lowest BCUT2D eigenvalue weighted by atomic mass is 9.96. The number of nitrogens with zero attached hydrogens (tertiary/aromatic N) is 1. The van der Waals surface area contributed by atoms with Crippen LogP contribution in [0.25, 0.3) is 23.4 Å². The number of aliphatic hydroxyl groups excluding tert-OH is 1. The molecule has 1 aliphatic heterocycles. The lowest BCUT2D eigenvalue weighted by Crippen LogP contribution is -1.96. The molecule has 2 aromatic rings. The van der Waals surface area contributed by atoms with Crippen LogP contribution >= 0.6 is 0 Å². The Balaban J connectivity index is 1.86. The zero-order valence-corrected chi connectivity index (χ0v) is 16.4. The highest BCUT2D eigenvalue weighted by molar-refractivity contribution is 6.09. The summed E-state index contributed by atoms with van der Waals surface area (Å²) in [5.41, 5.74) is 7.04. The summed E-state index contributed by atoms with van der Waals surface area (Å²) in [6.45, 7) is 2.01. The van der Waals surface area contributed by atoms with Gasteiger partial charge in [-0.1, -0.05) is 54.6 Å². The Morgan fingerprint density at radius 1 is 1.00 bits per heavy atom. The minimum Gasteiger partial charge on any atom is -0.466 e. The highest BCUT2D eigenvalue weighted by Crippen LogP contribution is 2.35. The van der Waals surface area contributed by atoms with Crippen LogP contribution in [0.3, 0.4) is 0 Å². The van der Waals surface area contributed by atoms with E-state index in [0.29, 0.717) is 0 Å². The van der Waals surface area contributed by atoms with Crippen molar-refractivity contribution in [3.63, 3.8) is 0 Å². The second-order valence-corrected chi connectivity index (χ2v) is 6.72. The molecule has 1 aliphatic rings. The Morgan fingerprint density at radius 2 is 1.59 bits per heavy atom. The van der Waals surface area contributed by atoms with Gasteiger partial charge in [-0.2, -0.15) is 0 Å². The van der Waals surface area contributed by atoms with Crippen molar-refractivity contribution in [3.05, 3.63) is 82.9 Å². The molecule has 0 fully saturated rings. The van der Waals surface area contributed by atoms with Crippen LogP contribution in [0.5, 0.6) is 0 Å². The first-order valence-electron chi connectivity index (χ1n) is 9.25.